The predicted molar refractivity (Wildman–Crippen MR) is 127 cm³/mol. The van der Waals surface area contributed by atoms with Crippen LogP contribution in [0.3, 0.4) is 0 Å². The van der Waals surface area contributed by atoms with Crippen molar-refractivity contribution in [3.05, 3.63) is 28.8 Å². The van der Waals surface area contributed by atoms with Crippen LogP contribution in [-0.2, 0) is 9.53 Å². The summed E-state index contributed by atoms with van der Waals surface area (Å²) in [5.74, 6) is 1.46. The maximum absolute atomic E-state index is 12.1. The molecule has 0 radical (unpaired) electrons. The normalized spacial score (nSPS) is 13.6. The van der Waals surface area contributed by atoms with Gasteiger partial charge in [0, 0.05) is 33.2 Å². The van der Waals surface area contributed by atoms with E-state index in [1.54, 1.807) is 0 Å². The SMILES string of the molecule is CCNC(=NCCC(=O)Nc1ccc(C)cc1Cl)N(C)CCOCC1CC1.I. The molecule has 1 aromatic carbocycles. The highest BCUT2D eigenvalue weighted by Crippen LogP contribution is 2.28. The molecular weight excluding hydrogens is 491 g/mol. The average molecular weight is 523 g/mol. The number of benzene rings is 1. The number of rotatable bonds is 10. The molecule has 0 aliphatic heterocycles. The van der Waals surface area contributed by atoms with Gasteiger partial charge in [0.15, 0.2) is 5.96 Å². The molecule has 8 heteroatoms. The molecule has 1 aliphatic rings. The fourth-order valence-corrected chi connectivity index (χ4v) is 2.79. The topological polar surface area (TPSA) is 66.0 Å². The number of nitrogens with zero attached hydrogens (tertiary/aromatic N) is 2. The van der Waals surface area contributed by atoms with Crippen LogP contribution in [0.2, 0.25) is 5.02 Å². The number of nitrogens with one attached hydrogen (secondary N) is 2. The van der Waals surface area contributed by atoms with Crippen molar-refractivity contribution in [3.63, 3.8) is 0 Å². The lowest BCUT2D eigenvalue weighted by molar-refractivity contribution is -0.116. The van der Waals surface area contributed by atoms with Crippen LogP contribution >= 0.6 is 35.6 Å². The van der Waals surface area contributed by atoms with Gasteiger partial charge in [-0.05, 0) is 50.3 Å². The first-order chi connectivity index (χ1) is 13.0. The molecule has 28 heavy (non-hydrogen) atoms. The highest BCUT2D eigenvalue weighted by molar-refractivity contribution is 14.0. The molecule has 1 amide bonds. The van der Waals surface area contributed by atoms with Crippen molar-refractivity contribution in [1.82, 2.24) is 10.2 Å². The number of carbonyl (C=O) groups excluding carboxylic acids is 1. The second kappa shape index (κ2) is 13.2. The van der Waals surface area contributed by atoms with Gasteiger partial charge in [-0.1, -0.05) is 17.7 Å². The molecule has 6 nitrogen and oxygen atoms in total. The van der Waals surface area contributed by atoms with Gasteiger partial charge in [-0.15, -0.1) is 24.0 Å². The Bertz CT molecular complexity index is 653. The van der Waals surface area contributed by atoms with E-state index in [2.05, 4.69) is 15.6 Å². The second-order valence-electron chi connectivity index (χ2n) is 6.96. The molecule has 0 bridgehead atoms. The fraction of sp³-hybridized carbons (Fsp3) is 0.600. The number of amides is 1. The predicted octanol–water partition coefficient (Wildman–Crippen LogP) is 3.92. The fourth-order valence-electron chi connectivity index (χ4n) is 2.51. The Morgan fingerprint density at radius 3 is 2.79 bits per heavy atom. The number of hydrogen-bond donors (Lipinski definition) is 2. The Morgan fingerprint density at radius 1 is 1.39 bits per heavy atom. The molecular formula is C20H32ClIN4O2. The Morgan fingerprint density at radius 2 is 2.14 bits per heavy atom. The first kappa shape index (κ1) is 25.0. The molecule has 158 valence electrons. The molecule has 0 saturated heterocycles. The third-order valence-electron chi connectivity index (χ3n) is 4.32. The number of guanidine groups is 1. The summed E-state index contributed by atoms with van der Waals surface area (Å²) in [7, 11) is 1.98. The number of anilines is 1. The van der Waals surface area contributed by atoms with Gasteiger partial charge in [-0.2, -0.15) is 0 Å². The monoisotopic (exact) mass is 522 g/mol. The highest BCUT2D eigenvalue weighted by atomic mass is 127. The van der Waals surface area contributed by atoms with Gasteiger partial charge < -0.3 is 20.3 Å². The van der Waals surface area contributed by atoms with Crippen molar-refractivity contribution in [2.45, 2.75) is 33.1 Å². The third-order valence-corrected chi connectivity index (χ3v) is 4.63. The lowest BCUT2D eigenvalue weighted by Gasteiger charge is -2.22. The zero-order chi connectivity index (χ0) is 19.6. The van der Waals surface area contributed by atoms with E-state index in [0.29, 0.717) is 30.3 Å². The minimum absolute atomic E-state index is 0. The van der Waals surface area contributed by atoms with Crippen molar-refractivity contribution in [3.8, 4) is 0 Å². The summed E-state index contributed by atoms with van der Waals surface area (Å²) in [5.41, 5.74) is 1.69. The number of hydrogen-bond acceptors (Lipinski definition) is 3. The zero-order valence-corrected chi connectivity index (χ0v) is 20.0. The lowest BCUT2D eigenvalue weighted by Crippen LogP contribution is -2.40. The van der Waals surface area contributed by atoms with Crippen molar-refractivity contribution in [1.29, 1.82) is 0 Å². The number of aryl methyl sites for hydroxylation is 1. The summed E-state index contributed by atoms with van der Waals surface area (Å²) in [6.45, 7) is 7.49. The van der Waals surface area contributed by atoms with E-state index < -0.39 is 0 Å². The smallest absolute Gasteiger partial charge is 0.226 e. The molecule has 0 spiro atoms. The van der Waals surface area contributed by atoms with Gasteiger partial charge in [0.05, 0.1) is 23.9 Å². The lowest BCUT2D eigenvalue weighted by atomic mass is 10.2. The van der Waals surface area contributed by atoms with Gasteiger partial charge >= 0.3 is 0 Å². The van der Waals surface area contributed by atoms with E-state index in [9.17, 15) is 4.79 Å². The van der Waals surface area contributed by atoms with Crippen molar-refractivity contribution >= 4 is 53.1 Å². The molecule has 0 unspecified atom stereocenters. The van der Waals surface area contributed by atoms with E-state index in [4.69, 9.17) is 16.3 Å². The van der Waals surface area contributed by atoms with Crippen LogP contribution in [0.5, 0.6) is 0 Å². The summed E-state index contributed by atoms with van der Waals surface area (Å²) < 4.78 is 5.68. The zero-order valence-electron chi connectivity index (χ0n) is 17.0. The maximum atomic E-state index is 12.1. The van der Waals surface area contributed by atoms with Gasteiger partial charge in [0.25, 0.3) is 0 Å². The number of ether oxygens (including phenoxy) is 1. The molecule has 1 fully saturated rings. The molecule has 1 aliphatic carbocycles. The minimum atomic E-state index is -0.101. The van der Waals surface area contributed by atoms with Crippen LogP contribution in [-0.4, -0.2) is 56.7 Å². The molecule has 2 N–H and O–H groups in total. The Balaban J connectivity index is 0.00000392. The second-order valence-corrected chi connectivity index (χ2v) is 7.36. The maximum Gasteiger partial charge on any atom is 0.226 e. The molecule has 0 heterocycles. The van der Waals surface area contributed by atoms with Crippen LogP contribution in [0.15, 0.2) is 23.2 Å². The summed E-state index contributed by atoms with van der Waals surface area (Å²) in [6.07, 6.45) is 2.90. The van der Waals surface area contributed by atoms with Crippen LogP contribution in [0.1, 0.15) is 31.7 Å². The summed E-state index contributed by atoms with van der Waals surface area (Å²) >= 11 is 6.15. The largest absolute Gasteiger partial charge is 0.379 e. The van der Waals surface area contributed by atoms with E-state index in [-0.39, 0.29) is 29.9 Å². The Hall–Kier alpha value is -1.06. The standard InChI is InChI=1S/C20H31ClN4O2.HI/c1-4-22-20(25(3)11-12-27-14-16-6-7-16)23-10-9-19(26)24-18-8-5-15(2)13-17(18)21;/h5,8,13,16H,4,6-7,9-12,14H2,1-3H3,(H,22,23)(H,24,26);1H. The highest BCUT2D eigenvalue weighted by Gasteiger charge is 2.21. The summed E-state index contributed by atoms with van der Waals surface area (Å²) in [5, 5.41) is 6.63. The van der Waals surface area contributed by atoms with E-state index in [1.165, 1.54) is 12.8 Å². The van der Waals surface area contributed by atoms with Crippen molar-refractivity contribution in [2.75, 3.05) is 45.2 Å². The summed E-state index contributed by atoms with van der Waals surface area (Å²) in [4.78, 5) is 18.7. The van der Waals surface area contributed by atoms with Gasteiger partial charge in [0.2, 0.25) is 5.91 Å². The number of aliphatic imine (C=N–C) groups is 1. The van der Waals surface area contributed by atoms with Crippen LogP contribution < -0.4 is 10.6 Å². The van der Waals surface area contributed by atoms with E-state index in [1.807, 2.05) is 44.0 Å². The van der Waals surface area contributed by atoms with Gasteiger partial charge in [0.1, 0.15) is 0 Å². The van der Waals surface area contributed by atoms with E-state index >= 15 is 0 Å². The quantitative estimate of drug-likeness (QED) is 0.212. The molecule has 0 aromatic heterocycles. The molecule has 0 atom stereocenters. The van der Waals surface area contributed by atoms with Gasteiger partial charge in [-0.3, -0.25) is 9.79 Å². The molecule has 1 saturated carbocycles. The van der Waals surface area contributed by atoms with Crippen LogP contribution in [0.4, 0.5) is 5.69 Å². The third kappa shape index (κ3) is 9.43. The van der Waals surface area contributed by atoms with Gasteiger partial charge in [-0.25, -0.2) is 0 Å². The van der Waals surface area contributed by atoms with Crippen LogP contribution in [0.25, 0.3) is 0 Å². The first-order valence-electron chi connectivity index (χ1n) is 9.62. The number of likely N-dealkylation sites (N-methyl/N-ethyl adjacent to an activating group) is 1. The molecule has 2 rings (SSSR count). The first-order valence-corrected chi connectivity index (χ1v) is 10.0. The van der Waals surface area contributed by atoms with E-state index in [0.717, 1.165) is 37.1 Å². The minimum Gasteiger partial charge on any atom is -0.379 e. The molecule has 1 aromatic rings. The van der Waals surface area contributed by atoms with Crippen molar-refractivity contribution in [2.24, 2.45) is 10.9 Å². The number of halogens is 2. The average Bonchev–Trinajstić information content (AvgIpc) is 3.44. The van der Waals surface area contributed by atoms with Crippen molar-refractivity contribution < 1.29 is 9.53 Å². The Labute approximate surface area is 190 Å². The Kier molecular flexibility index (Phi) is 11.8. The van der Waals surface area contributed by atoms with Crippen LogP contribution in [0, 0.1) is 12.8 Å². The number of carbonyl (C=O) groups is 1. The summed E-state index contributed by atoms with van der Waals surface area (Å²) in [6, 6.07) is 5.57.